The normalized spacial score (nSPS) is 15.2. The number of hydrogen-bond donors (Lipinski definition) is 1. The lowest BCUT2D eigenvalue weighted by Gasteiger charge is -2.24. The highest BCUT2D eigenvalue weighted by atomic mass is 35.5. The number of thiocarbonyl (C=S) groups is 1. The predicted octanol–water partition coefficient (Wildman–Crippen LogP) is 4.93. The van der Waals surface area contributed by atoms with Crippen LogP contribution in [0.3, 0.4) is 0 Å². The van der Waals surface area contributed by atoms with Crippen molar-refractivity contribution >= 4 is 52.1 Å². The number of anilines is 2. The minimum absolute atomic E-state index is 0.0434. The van der Waals surface area contributed by atoms with Gasteiger partial charge >= 0.3 is 0 Å². The minimum atomic E-state index is -0.731. The largest absolute Gasteiger partial charge is 0.497 e. The van der Waals surface area contributed by atoms with Crippen LogP contribution in [0.15, 0.2) is 72.8 Å². The third-order valence-corrected chi connectivity index (χ3v) is 6.63. The van der Waals surface area contributed by atoms with E-state index < -0.39 is 6.04 Å². The molecule has 1 aliphatic heterocycles. The monoisotopic (exact) mass is 523 g/mol. The molecule has 7 nitrogen and oxygen atoms in total. The first-order valence-electron chi connectivity index (χ1n) is 11.4. The summed E-state index contributed by atoms with van der Waals surface area (Å²) in [6.45, 7) is 0.472. The molecule has 3 aromatic carbocycles. The summed E-state index contributed by atoms with van der Waals surface area (Å²) in [4.78, 5) is 29.8. The Morgan fingerprint density at radius 1 is 0.944 bits per heavy atom. The van der Waals surface area contributed by atoms with E-state index in [9.17, 15) is 9.59 Å². The highest BCUT2D eigenvalue weighted by Gasteiger charge is 2.43. The Balaban J connectivity index is 1.54. The number of rotatable bonds is 9. The van der Waals surface area contributed by atoms with Gasteiger partial charge in [0.15, 0.2) is 5.11 Å². The molecule has 0 aliphatic carbocycles. The number of nitrogens with one attached hydrogen (secondary N) is 1. The van der Waals surface area contributed by atoms with Crippen molar-refractivity contribution in [3.8, 4) is 11.5 Å². The summed E-state index contributed by atoms with van der Waals surface area (Å²) in [5.74, 6) is 0.833. The Morgan fingerprint density at radius 2 is 1.53 bits per heavy atom. The number of methoxy groups -OCH3 is 2. The smallest absolute Gasteiger partial charge is 0.256 e. The average molecular weight is 524 g/mol. The number of carbonyl (C=O) groups is 2. The van der Waals surface area contributed by atoms with Crippen LogP contribution in [0.25, 0.3) is 0 Å². The molecular weight excluding hydrogens is 498 g/mol. The standard InChI is InChI=1S/C27H26ClN3O4S/c1-34-22-11-7-20(8-12-22)29-25(32)17-24-26(33)31(21-9-13-23(35-2)14-10-21)27(36)30(24)16-15-18-3-5-19(28)6-4-18/h3-14,24H,15-17H2,1-2H3,(H,29,32). The zero-order valence-electron chi connectivity index (χ0n) is 19.9. The first-order valence-corrected chi connectivity index (χ1v) is 12.1. The van der Waals surface area contributed by atoms with Crippen molar-refractivity contribution in [1.29, 1.82) is 0 Å². The number of nitrogens with zero attached hydrogens (tertiary/aromatic N) is 2. The van der Waals surface area contributed by atoms with Gasteiger partial charge in [0.05, 0.1) is 26.3 Å². The summed E-state index contributed by atoms with van der Waals surface area (Å²) in [6, 6.07) is 20.9. The van der Waals surface area contributed by atoms with Gasteiger partial charge in [0.2, 0.25) is 5.91 Å². The highest BCUT2D eigenvalue weighted by molar-refractivity contribution is 7.80. The van der Waals surface area contributed by atoms with Crippen molar-refractivity contribution in [2.45, 2.75) is 18.9 Å². The summed E-state index contributed by atoms with van der Waals surface area (Å²) in [5.41, 5.74) is 2.30. The molecule has 1 heterocycles. The third kappa shape index (κ3) is 5.78. The van der Waals surface area contributed by atoms with Crippen molar-refractivity contribution in [2.75, 3.05) is 31.0 Å². The van der Waals surface area contributed by atoms with Crippen LogP contribution in [-0.2, 0) is 16.0 Å². The second-order valence-corrected chi connectivity index (χ2v) is 9.02. The molecule has 0 saturated carbocycles. The van der Waals surface area contributed by atoms with E-state index in [2.05, 4.69) is 5.32 Å². The topological polar surface area (TPSA) is 71.1 Å². The van der Waals surface area contributed by atoms with E-state index in [4.69, 9.17) is 33.3 Å². The number of ether oxygens (including phenoxy) is 2. The molecule has 186 valence electrons. The Morgan fingerprint density at radius 3 is 2.11 bits per heavy atom. The molecule has 0 radical (unpaired) electrons. The molecule has 1 fully saturated rings. The van der Waals surface area contributed by atoms with Crippen molar-refractivity contribution in [1.82, 2.24) is 4.90 Å². The molecule has 4 rings (SSSR count). The highest BCUT2D eigenvalue weighted by Crippen LogP contribution is 2.29. The maximum absolute atomic E-state index is 13.6. The summed E-state index contributed by atoms with van der Waals surface area (Å²) >= 11 is 11.7. The van der Waals surface area contributed by atoms with Gasteiger partial charge in [-0.2, -0.15) is 0 Å². The Labute approximate surface area is 220 Å². The van der Waals surface area contributed by atoms with Gasteiger partial charge in [-0.15, -0.1) is 0 Å². The predicted molar refractivity (Wildman–Crippen MR) is 145 cm³/mol. The maximum Gasteiger partial charge on any atom is 0.256 e. The number of carbonyl (C=O) groups excluding carboxylic acids is 2. The minimum Gasteiger partial charge on any atom is -0.497 e. The van der Waals surface area contributed by atoms with Crippen LogP contribution in [0.2, 0.25) is 5.02 Å². The van der Waals surface area contributed by atoms with Crippen LogP contribution in [-0.4, -0.2) is 48.6 Å². The van der Waals surface area contributed by atoms with E-state index in [1.54, 1.807) is 62.8 Å². The molecular formula is C27H26ClN3O4S. The Kier molecular flexibility index (Phi) is 8.07. The summed E-state index contributed by atoms with van der Waals surface area (Å²) in [5, 5.41) is 3.88. The van der Waals surface area contributed by atoms with Crippen molar-refractivity contribution < 1.29 is 19.1 Å². The van der Waals surface area contributed by atoms with Crippen molar-refractivity contribution in [3.63, 3.8) is 0 Å². The fourth-order valence-electron chi connectivity index (χ4n) is 4.02. The molecule has 9 heteroatoms. The second kappa shape index (κ2) is 11.4. The molecule has 0 spiro atoms. The van der Waals surface area contributed by atoms with E-state index in [0.29, 0.717) is 46.0 Å². The zero-order valence-corrected chi connectivity index (χ0v) is 21.5. The van der Waals surface area contributed by atoms with Gasteiger partial charge < -0.3 is 19.7 Å². The molecule has 1 aliphatic rings. The number of amides is 2. The molecule has 2 amide bonds. The summed E-state index contributed by atoms with van der Waals surface area (Å²) in [7, 11) is 3.16. The first kappa shape index (κ1) is 25.5. The van der Waals surface area contributed by atoms with Crippen molar-refractivity contribution in [2.24, 2.45) is 0 Å². The van der Waals surface area contributed by atoms with Crippen LogP contribution < -0.4 is 19.7 Å². The lowest BCUT2D eigenvalue weighted by Crippen LogP contribution is -2.39. The molecule has 3 aromatic rings. The van der Waals surface area contributed by atoms with Crippen LogP contribution in [0, 0.1) is 0 Å². The summed E-state index contributed by atoms with van der Waals surface area (Å²) in [6.07, 6.45) is 0.593. The molecule has 0 aromatic heterocycles. The van der Waals surface area contributed by atoms with E-state index in [1.165, 1.54) is 4.90 Å². The van der Waals surface area contributed by atoms with E-state index in [0.717, 1.165) is 5.56 Å². The Hall–Kier alpha value is -3.62. The zero-order chi connectivity index (χ0) is 25.7. The lowest BCUT2D eigenvalue weighted by molar-refractivity contribution is -0.124. The third-order valence-electron chi connectivity index (χ3n) is 5.96. The van der Waals surface area contributed by atoms with Gasteiger partial charge in [-0.3, -0.25) is 14.5 Å². The van der Waals surface area contributed by atoms with Crippen LogP contribution in [0.5, 0.6) is 11.5 Å². The van der Waals surface area contributed by atoms with Gasteiger partial charge in [-0.1, -0.05) is 23.7 Å². The van der Waals surface area contributed by atoms with E-state index in [1.807, 2.05) is 29.2 Å². The van der Waals surface area contributed by atoms with Crippen LogP contribution >= 0.6 is 23.8 Å². The molecule has 1 unspecified atom stereocenters. The van der Waals surface area contributed by atoms with Gasteiger partial charge in [0, 0.05) is 17.3 Å². The average Bonchev–Trinajstić information content (AvgIpc) is 3.12. The maximum atomic E-state index is 13.6. The molecule has 1 atom stereocenters. The van der Waals surface area contributed by atoms with Crippen LogP contribution in [0.4, 0.5) is 11.4 Å². The molecule has 36 heavy (non-hydrogen) atoms. The van der Waals surface area contributed by atoms with Gasteiger partial charge in [-0.25, -0.2) is 0 Å². The fourth-order valence-corrected chi connectivity index (χ4v) is 4.56. The fraction of sp³-hybridized carbons (Fsp3) is 0.222. The summed E-state index contributed by atoms with van der Waals surface area (Å²) < 4.78 is 10.4. The molecule has 0 bridgehead atoms. The quantitative estimate of drug-likeness (QED) is 0.401. The van der Waals surface area contributed by atoms with Gasteiger partial charge in [0.1, 0.15) is 17.5 Å². The second-order valence-electron chi connectivity index (χ2n) is 8.22. The van der Waals surface area contributed by atoms with Gasteiger partial charge in [-0.05, 0) is 84.9 Å². The van der Waals surface area contributed by atoms with Crippen molar-refractivity contribution in [3.05, 3.63) is 83.4 Å². The van der Waals surface area contributed by atoms with E-state index in [-0.39, 0.29) is 18.2 Å². The molecule has 1 N–H and O–H groups in total. The first-order chi connectivity index (χ1) is 17.4. The SMILES string of the molecule is COc1ccc(NC(=O)CC2C(=O)N(c3ccc(OC)cc3)C(=S)N2CCc2ccc(Cl)cc2)cc1. The molecule has 1 saturated heterocycles. The number of benzene rings is 3. The number of hydrogen-bond acceptors (Lipinski definition) is 5. The van der Waals surface area contributed by atoms with E-state index >= 15 is 0 Å². The Bertz CT molecular complexity index is 1230. The van der Waals surface area contributed by atoms with Gasteiger partial charge in [0.25, 0.3) is 5.91 Å². The lowest BCUT2D eigenvalue weighted by atomic mass is 10.1. The number of halogens is 1. The van der Waals surface area contributed by atoms with Crippen LogP contribution in [0.1, 0.15) is 12.0 Å².